The van der Waals surface area contributed by atoms with E-state index < -0.39 is 0 Å². The van der Waals surface area contributed by atoms with Crippen molar-refractivity contribution in [2.75, 3.05) is 32.2 Å². The minimum atomic E-state index is 0.465. The quantitative estimate of drug-likeness (QED) is 0.758. The van der Waals surface area contributed by atoms with E-state index in [1.807, 2.05) is 18.2 Å². The van der Waals surface area contributed by atoms with E-state index in [1.54, 1.807) is 7.11 Å². The molecule has 0 aliphatic rings. The predicted molar refractivity (Wildman–Crippen MR) is 86.9 cm³/mol. The Labute approximate surface area is 126 Å². The Balaban J connectivity index is 2.29. The molecule has 2 rings (SSSR count). The monoisotopic (exact) mass is 290 g/mol. The normalized spacial score (nSPS) is 12.8. The Morgan fingerprint density at radius 2 is 2.24 bits per heavy atom. The van der Waals surface area contributed by atoms with Gasteiger partial charge in [-0.15, -0.1) is 0 Å². The van der Waals surface area contributed by atoms with Crippen LogP contribution in [0.1, 0.15) is 26.0 Å². The highest BCUT2D eigenvalue weighted by atomic mass is 16.5. The molecule has 0 radical (unpaired) electrons. The lowest BCUT2D eigenvalue weighted by molar-refractivity contribution is 0.199. The van der Waals surface area contributed by atoms with Gasteiger partial charge >= 0.3 is 0 Å². The Bertz CT molecular complexity index is 566. The smallest absolute Gasteiger partial charge is 0.152 e. The highest BCUT2D eigenvalue weighted by Gasteiger charge is 2.18. The number of methoxy groups -OCH3 is 1. The molecule has 0 bridgehead atoms. The van der Waals surface area contributed by atoms with E-state index in [9.17, 15) is 0 Å². The maximum Gasteiger partial charge on any atom is 0.152 e. The minimum absolute atomic E-state index is 0.465. The summed E-state index contributed by atoms with van der Waals surface area (Å²) in [7, 11) is 3.84. The number of fused-ring (bicyclic) bond motifs is 1. The molecule has 1 N–H and O–H groups in total. The number of rotatable bonds is 8. The number of nitrogens with one attached hydrogen (secondary N) is 1. The first-order valence-corrected chi connectivity index (χ1v) is 7.57. The molecule has 0 aliphatic carbocycles. The molecule has 0 aromatic carbocycles. The highest BCUT2D eigenvalue weighted by molar-refractivity contribution is 5.56. The Hall–Kier alpha value is -1.59. The van der Waals surface area contributed by atoms with E-state index in [-0.39, 0.29) is 0 Å². The summed E-state index contributed by atoms with van der Waals surface area (Å²) in [5.41, 5.74) is 2.19. The second-order valence-corrected chi connectivity index (χ2v) is 5.35. The topological polar surface area (TPSA) is 41.8 Å². The average Bonchev–Trinajstić information content (AvgIpc) is 2.88. The van der Waals surface area contributed by atoms with Gasteiger partial charge < -0.3 is 19.4 Å². The maximum atomic E-state index is 5.09. The average molecular weight is 290 g/mol. The van der Waals surface area contributed by atoms with Gasteiger partial charge in [0.2, 0.25) is 0 Å². The molecule has 0 saturated carbocycles. The second-order valence-electron chi connectivity index (χ2n) is 5.35. The van der Waals surface area contributed by atoms with Crippen molar-refractivity contribution in [3.8, 4) is 0 Å². The van der Waals surface area contributed by atoms with E-state index in [4.69, 9.17) is 9.72 Å². The summed E-state index contributed by atoms with van der Waals surface area (Å²) in [4.78, 5) is 7.06. The lowest BCUT2D eigenvalue weighted by Crippen LogP contribution is -2.30. The van der Waals surface area contributed by atoms with Crippen LogP contribution in [0, 0.1) is 0 Å². The fraction of sp³-hybridized carbons (Fsp3) is 0.562. The molecule has 0 fully saturated rings. The van der Waals surface area contributed by atoms with E-state index in [1.165, 1.54) is 5.69 Å². The minimum Gasteiger partial charge on any atom is -0.383 e. The Morgan fingerprint density at radius 3 is 2.95 bits per heavy atom. The van der Waals surface area contributed by atoms with Crippen LogP contribution in [0.4, 0.5) is 5.82 Å². The van der Waals surface area contributed by atoms with E-state index in [2.05, 4.69) is 41.7 Å². The van der Waals surface area contributed by atoms with Gasteiger partial charge in [0, 0.05) is 39.5 Å². The van der Waals surface area contributed by atoms with E-state index in [0.29, 0.717) is 12.6 Å². The van der Waals surface area contributed by atoms with Crippen LogP contribution in [0.25, 0.3) is 5.65 Å². The van der Waals surface area contributed by atoms with Crippen molar-refractivity contribution in [1.29, 1.82) is 0 Å². The van der Waals surface area contributed by atoms with Gasteiger partial charge in [-0.1, -0.05) is 13.0 Å². The molecule has 0 spiro atoms. The lowest BCUT2D eigenvalue weighted by Gasteiger charge is -2.25. The van der Waals surface area contributed by atoms with Gasteiger partial charge in [0.15, 0.2) is 5.82 Å². The second kappa shape index (κ2) is 7.43. The molecule has 0 amide bonds. The zero-order chi connectivity index (χ0) is 15.2. The third-order valence-corrected chi connectivity index (χ3v) is 3.97. The molecule has 5 nitrogen and oxygen atoms in total. The van der Waals surface area contributed by atoms with Gasteiger partial charge in [0.25, 0.3) is 0 Å². The van der Waals surface area contributed by atoms with Gasteiger partial charge in [0.05, 0.1) is 12.3 Å². The summed E-state index contributed by atoms with van der Waals surface area (Å²) in [5.74, 6) is 1.06. The van der Waals surface area contributed by atoms with Gasteiger partial charge in [-0.05, 0) is 25.5 Å². The number of anilines is 1. The predicted octanol–water partition coefficient (Wildman–Crippen LogP) is 2.31. The van der Waals surface area contributed by atoms with Crippen molar-refractivity contribution in [3.63, 3.8) is 0 Å². The van der Waals surface area contributed by atoms with Crippen LogP contribution in [0.5, 0.6) is 0 Å². The largest absolute Gasteiger partial charge is 0.383 e. The zero-order valence-electron chi connectivity index (χ0n) is 13.5. The summed E-state index contributed by atoms with van der Waals surface area (Å²) in [5, 5.41) is 3.42. The summed E-state index contributed by atoms with van der Waals surface area (Å²) in [6, 6.07) is 6.58. The molecule has 116 valence electrons. The Kier molecular flexibility index (Phi) is 5.59. The molecule has 21 heavy (non-hydrogen) atoms. The SMILES string of the molecule is CCC(C)N(C)c1nc2ccccn2c1CNCCOC. The number of aromatic nitrogens is 2. The first-order chi connectivity index (χ1) is 10.2. The highest BCUT2D eigenvalue weighted by Crippen LogP contribution is 2.23. The van der Waals surface area contributed by atoms with Crippen molar-refractivity contribution in [2.24, 2.45) is 0 Å². The number of imidazole rings is 1. The molecule has 2 aromatic heterocycles. The van der Waals surface area contributed by atoms with Gasteiger partial charge in [-0.2, -0.15) is 0 Å². The van der Waals surface area contributed by atoms with Crippen LogP contribution in [-0.2, 0) is 11.3 Å². The van der Waals surface area contributed by atoms with Gasteiger partial charge in [0.1, 0.15) is 5.65 Å². The molecule has 1 atom stereocenters. The molecular formula is C16H26N4O. The first-order valence-electron chi connectivity index (χ1n) is 7.57. The summed E-state index contributed by atoms with van der Waals surface area (Å²) >= 11 is 0. The first kappa shape index (κ1) is 15.8. The molecule has 1 unspecified atom stereocenters. The maximum absolute atomic E-state index is 5.09. The van der Waals surface area contributed by atoms with E-state index >= 15 is 0 Å². The zero-order valence-corrected chi connectivity index (χ0v) is 13.5. The number of hydrogen-bond donors (Lipinski definition) is 1. The van der Waals surface area contributed by atoms with Crippen LogP contribution in [0.15, 0.2) is 24.4 Å². The Morgan fingerprint density at radius 1 is 1.43 bits per heavy atom. The molecule has 5 heteroatoms. The van der Waals surface area contributed by atoms with Crippen molar-refractivity contribution < 1.29 is 4.74 Å². The molecule has 2 aromatic rings. The summed E-state index contributed by atoms with van der Waals surface area (Å²) < 4.78 is 7.25. The van der Waals surface area contributed by atoms with Crippen LogP contribution in [0.3, 0.4) is 0 Å². The molecule has 0 saturated heterocycles. The molecule has 2 heterocycles. The van der Waals surface area contributed by atoms with Crippen molar-refractivity contribution in [3.05, 3.63) is 30.1 Å². The van der Waals surface area contributed by atoms with Crippen LogP contribution >= 0.6 is 0 Å². The van der Waals surface area contributed by atoms with Gasteiger partial charge in [-0.25, -0.2) is 4.98 Å². The third-order valence-electron chi connectivity index (χ3n) is 3.97. The standard InChI is InChI=1S/C16H26N4O/c1-5-13(2)19(3)16-14(12-17-9-11-21-4)20-10-7-6-8-15(20)18-16/h6-8,10,13,17H,5,9,11-12H2,1-4H3. The molecule has 0 aliphatic heterocycles. The number of hydrogen-bond acceptors (Lipinski definition) is 4. The fourth-order valence-electron chi connectivity index (χ4n) is 2.34. The van der Waals surface area contributed by atoms with Gasteiger partial charge in [-0.3, -0.25) is 0 Å². The van der Waals surface area contributed by atoms with Crippen molar-refractivity contribution in [1.82, 2.24) is 14.7 Å². The number of nitrogens with zero attached hydrogens (tertiary/aromatic N) is 3. The van der Waals surface area contributed by atoms with Crippen molar-refractivity contribution in [2.45, 2.75) is 32.9 Å². The third kappa shape index (κ3) is 3.54. The lowest BCUT2D eigenvalue weighted by atomic mass is 10.2. The number of ether oxygens (including phenoxy) is 1. The van der Waals surface area contributed by atoms with Crippen molar-refractivity contribution >= 4 is 11.5 Å². The van der Waals surface area contributed by atoms with Crippen LogP contribution < -0.4 is 10.2 Å². The summed E-state index contributed by atoms with van der Waals surface area (Å²) in [6.07, 6.45) is 3.17. The number of pyridine rings is 1. The van der Waals surface area contributed by atoms with E-state index in [0.717, 1.165) is 31.0 Å². The van der Waals surface area contributed by atoms with Crippen LogP contribution in [0.2, 0.25) is 0 Å². The van der Waals surface area contributed by atoms with Crippen LogP contribution in [-0.4, -0.2) is 42.7 Å². The molecular weight excluding hydrogens is 264 g/mol. The fourth-order valence-corrected chi connectivity index (χ4v) is 2.34. The summed E-state index contributed by atoms with van der Waals surface area (Å²) in [6.45, 7) is 6.76.